The Morgan fingerprint density at radius 2 is 2.07 bits per heavy atom. The fourth-order valence-corrected chi connectivity index (χ4v) is 1.81. The van der Waals surface area contributed by atoms with E-state index in [1.807, 2.05) is 0 Å². The Kier molecular flexibility index (Phi) is 4.84. The predicted molar refractivity (Wildman–Crippen MR) is 61.5 cm³/mol. The number of aliphatic imine (C=N–C) groups is 1. The normalized spacial score (nSPS) is 28.0. The number of nitrogens with two attached hydrogens (primary N) is 1. The van der Waals surface area contributed by atoms with Crippen molar-refractivity contribution in [3.05, 3.63) is 0 Å². The number of morpholine rings is 1. The quantitative estimate of drug-likeness (QED) is 0.301. The molecule has 1 fully saturated rings. The van der Waals surface area contributed by atoms with E-state index < -0.39 is 0 Å². The summed E-state index contributed by atoms with van der Waals surface area (Å²) in [7, 11) is 0. The van der Waals surface area contributed by atoms with Gasteiger partial charge in [0.2, 0.25) is 5.96 Å². The number of nitrogens with one attached hydrogen (secondary N) is 1. The summed E-state index contributed by atoms with van der Waals surface area (Å²) in [5, 5.41) is 0. The van der Waals surface area contributed by atoms with E-state index in [0.717, 1.165) is 32.0 Å². The van der Waals surface area contributed by atoms with Crippen LogP contribution in [0.1, 0.15) is 27.2 Å². The van der Waals surface area contributed by atoms with Gasteiger partial charge >= 0.3 is 0 Å². The molecule has 0 aliphatic carbocycles. The molecule has 0 amide bonds. The van der Waals surface area contributed by atoms with E-state index in [1.165, 1.54) is 0 Å². The zero-order valence-electron chi connectivity index (χ0n) is 9.86. The van der Waals surface area contributed by atoms with Crippen LogP contribution in [-0.4, -0.2) is 42.7 Å². The molecule has 0 aromatic heterocycles. The van der Waals surface area contributed by atoms with E-state index in [2.05, 4.69) is 36.1 Å². The van der Waals surface area contributed by atoms with Gasteiger partial charge in [0.25, 0.3) is 0 Å². The third kappa shape index (κ3) is 3.68. The van der Waals surface area contributed by atoms with Crippen molar-refractivity contribution < 1.29 is 4.74 Å². The van der Waals surface area contributed by atoms with E-state index in [0.29, 0.717) is 0 Å². The van der Waals surface area contributed by atoms with Crippen LogP contribution in [0.4, 0.5) is 0 Å². The molecular weight excluding hydrogens is 192 g/mol. The molecule has 0 bridgehead atoms. The SMILES string of the molecule is CCCN=C(NN)N1C[C@@H](C)O[C@@H](C)C1. The lowest BCUT2D eigenvalue weighted by atomic mass is 10.2. The highest BCUT2D eigenvalue weighted by molar-refractivity contribution is 5.79. The highest BCUT2D eigenvalue weighted by atomic mass is 16.5. The van der Waals surface area contributed by atoms with Crippen LogP contribution in [0.3, 0.4) is 0 Å². The minimum atomic E-state index is 0.230. The molecule has 0 spiro atoms. The summed E-state index contributed by atoms with van der Waals surface area (Å²) in [5.41, 5.74) is 2.67. The van der Waals surface area contributed by atoms with Crippen LogP contribution in [0.25, 0.3) is 0 Å². The second-order valence-electron chi connectivity index (χ2n) is 4.01. The molecule has 5 nitrogen and oxygen atoms in total. The molecule has 1 heterocycles. The maximum absolute atomic E-state index is 5.65. The summed E-state index contributed by atoms with van der Waals surface area (Å²) in [5.74, 6) is 6.25. The van der Waals surface area contributed by atoms with Crippen molar-refractivity contribution in [2.24, 2.45) is 10.8 Å². The van der Waals surface area contributed by atoms with Crippen molar-refractivity contribution in [1.29, 1.82) is 0 Å². The first-order valence-corrected chi connectivity index (χ1v) is 5.58. The fourth-order valence-electron chi connectivity index (χ4n) is 1.81. The highest BCUT2D eigenvalue weighted by Crippen LogP contribution is 2.10. The van der Waals surface area contributed by atoms with E-state index in [1.54, 1.807) is 0 Å². The Bertz CT molecular complexity index is 209. The molecule has 1 rings (SSSR count). The van der Waals surface area contributed by atoms with Crippen molar-refractivity contribution in [2.45, 2.75) is 39.4 Å². The predicted octanol–water partition coefficient (Wildman–Crippen LogP) is 0.325. The maximum atomic E-state index is 5.65. The van der Waals surface area contributed by atoms with Gasteiger partial charge in [0.05, 0.1) is 12.2 Å². The lowest BCUT2D eigenvalue weighted by Crippen LogP contribution is -2.54. The van der Waals surface area contributed by atoms with Crippen LogP contribution in [0.2, 0.25) is 0 Å². The van der Waals surface area contributed by atoms with Gasteiger partial charge in [-0.25, -0.2) is 5.84 Å². The number of hydrogen-bond acceptors (Lipinski definition) is 3. The lowest BCUT2D eigenvalue weighted by Gasteiger charge is -2.36. The summed E-state index contributed by atoms with van der Waals surface area (Å²) in [6, 6.07) is 0. The van der Waals surface area contributed by atoms with Crippen LogP contribution in [0, 0.1) is 0 Å². The average Bonchev–Trinajstić information content (AvgIpc) is 2.17. The minimum Gasteiger partial charge on any atom is -0.372 e. The zero-order chi connectivity index (χ0) is 11.3. The van der Waals surface area contributed by atoms with Gasteiger partial charge in [-0.3, -0.25) is 10.4 Å². The molecule has 1 aliphatic heterocycles. The van der Waals surface area contributed by atoms with E-state index in [-0.39, 0.29) is 12.2 Å². The Balaban J connectivity index is 2.59. The number of rotatable bonds is 2. The van der Waals surface area contributed by atoms with E-state index in [9.17, 15) is 0 Å². The first-order chi connectivity index (χ1) is 7.17. The molecule has 0 unspecified atom stereocenters. The molecule has 2 atom stereocenters. The summed E-state index contributed by atoms with van der Waals surface area (Å²) in [6.07, 6.45) is 1.49. The van der Waals surface area contributed by atoms with Gasteiger partial charge in [-0.2, -0.15) is 0 Å². The molecule has 5 heteroatoms. The second-order valence-corrected chi connectivity index (χ2v) is 4.01. The van der Waals surface area contributed by atoms with Crippen LogP contribution < -0.4 is 11.3 Å². The average molecular weight is 214 g/mol. The van der Waals surface area contributed by atoms with Crippen molar-refractivity contribution in [1.82, 2.24) is 10.3 Å². The van der Waals surface area contributed by atoms with Gasteiger partial charge < -0.3 is 9.64 Å². The maximum Gasteiger partial charge on any atom is 0.208 e. The smallest absolute Gasteiger partial charge is 0.208 e. The summed E-state index contributed by atoms with van der Waals surface area (Å²) in [6.45, 7) is 8.73. The topological polar surface area (TPSA) is 62.9 Å². The summed E-state index contributed by atoms with van der Waals surface area (Å²) in [4.78, 5) is 6.55. The van der Waals surface area contributed by atoms with Gasteiger partial charge in [0.1, 0.15) is 0 Å². The van der Waals surface area contributed by atoms with Gasteiger partial charge in [-0.15, -0.1) is 0 Å². The molecule has 1 saturated heterocycles. The Hall–Kier alpha value is -0.810. The first-order valence-electron chi connectivity index (χ1n) is 5.58. The highest BCUT2D eigenvalue weighted by Gasteiger charge is 2.24. The Labute approximate surface area is 91.6 Å². The van der Waals surface area contributed by atoms with Crippen molar-refractivity contribution in [2.75, 3.05) is 19.6 Å². The number of hydrogen-bond donors (Lipinski definition) is 2. The molecule has 0 aromatic rings. The van der Waals surface area contributed by atoms with E-state index >= 15 is 0 Å². The molecule has 0 radical (unpaired) electrons. The first kappa shape index (κ1) is 12.3. The van der Waals surface area contributed by atoms with E-state index in [4.69, 9.17) is 10.6 Å². The monoisotopic (exact) mass is 214 g/mol. The lowest BCUT2D eigenvalue weighted by molar-refractivity contribution is -0.0489. The summed E-state index contributed by atoms with van der Waals surface area (Å²) >= 11 is 0. The van der Waals surface area contributed by atoms with Crippen molar-refractivity contribution in [3.8, 4) is 0 Å². The van der Waals surface area contributed by atoms with Gasteiger partial charge in [0.15, 0.2) is 0 Å². The molecule has 3 N–H and O–H groups in total. The third-order valence-electron chi connectivity index (χ3n) is 2.33. The molecule has 1 aliphatic rings. The third-order valence-corrected chi connectivity index (χ3v) is 2.33. The molecule has 88 valence electrons. The zero-order valence-corrected chi connectivity index (χ0v) is 9.86. The Morgan fingerprint density at radius 1 is 1.47 bits per heavy atom. The molecular formula is C10H22N4O. The van der Waals surface area contributed by atoms with Gasteiger partial charge in [-0.05, 0) is 20.3 Å². The van der Waals surface area contributed by atoms with Crippen LogP contribution >= 0.6 is 0 Å². The summed E-state index contributed by atoms with van der Waals surface area (Å²) < 4.78 is 5.65. The largest absolute Gasteiger partial charge is 0.372 e. The van der Waals surface area contributed by atoms with Gasteiger partial charge in [0, 0.05) is 19.6 Å². The fraction of sp³-hybridized carbons (Fsp3) is 0.900. The molecule has 15 heavy (non-hydrogen) atoms. The number of hydrazine groups is 1. The van der Waals surface area contributed by atoms with Crippen molar-refractivity contribution >= 4 is 5.96 Å². The number of ether oxygens (including phenoxy) is 1. The molecule has 0 aromatic carbocycles. The number of guanidine groups is 1. The van der Waals surface area contributed by atoms with Gasteiger partial charge in [-0.1, -0.05) is 6.92 Å². The van der Waals surface area contributed by atoms with Crippen LogP contribution in [-0.2, 0) is 4.74 Å². The second kappa shape index (κ2) is 5.92. The minimum absolute atomic E-state index is 0.230. The standard InChI is InChI=1S/C10H22N4O/c1-4-5-12-10(13-11)14-6-8(2)15-9(3)7-14/h8-9H,4-7,11H2,1-3H3,(H,12,13)/t8-,9+. The molecule has 0 saturated carbocycles. The number of nitrogens with zero attached hydrogens (tertiary/aromatic N) is 2. The Morgan fingerprint density at radius 3 is 2.53 bits per heavy atom. The van der Waals surface area contributed by atoms with Crippen LogP contribution in [0.5, 0.6) is 0 Å². The van der Waals surface area contributed by atoms with Crippen molar-refractivity contribution in [3.63, 3.8) is 0 Å². The van der Waals surface area contributed by atoms with Crippen LogP contribution in [0.15, 0.2) is 4.99 Å².